The minimum absolute atomic E-state index is 0.00367. The minimum Gasteiger partial charge on any atom is -0.377 e. The molecule has 1 aliphatic rings. The van der Waals surface area contributed by atoms with E-state index in [-0.39, 0.29) is 6.10 Å². The predicted molar refractivity (Wildman–Crippen MR) is 78.9 cm³/mol. The molecule has 1 fully saturated rings. The fraction of sp³-hybridized carbons (Fsp3) is 0.636. The fourth-order valence-corrected chi connectivity index (χ4v) is 5.69. The molecule has 1 aromatic heterocycles. The quantitative estimate of drug-likeness (QED) is 0.801. The number of hydrogen-bond donors (Lipinski definition) is 2. The zero-order valence-corrected chi connectivity index (χ0v) is 13.8. The summed E-state index contributed by atoms with van der Waals surface area (Å²) in [5, 5.41) is 3.01. The average molecular weight is 369 g/mol. The van der Waals surface area contributed by atoms with Crippen LogP contribution >= 0.6 is 27.3 Å². The summed E-state index contributed by atoms with van der Waals surface area (Å²) >= 11 is 4.74. The molecule has 0 spiro atoms. The molecule has 1 unspecified atom stereocenters. The topological polar surface area (TPSA) is 67.4 Å². The minimum atomic E-state index is -3.47. The van der Waals surface area contributed by atoms with Gasteiger partial charge in [0.25, 0.3) is 0 Å². The normalized spacial score (nSPS) is 20.0. The molecule has 108 valence electrons. The third kappa shape index (κ3) is 3.99. The third-order valence-corrected chi connectivity index (χ3v) is 6.55. The van der Waals surface area contributed by atoms with Crippen molar-refractivity contribution >= 4 is 37.3 Å². The van der Waals surface area contributed by atoms with E-state index in [1.54, 1.807) is 6.07 Å². The Labute approximate surface area is 125 Å². The molecule has 0 aliphatic carbocycles. The Morgan fingerprint density at radius 2 is 2.37 bits per heavy atom. The Morgan fingerprint density at radius 3 is 3.00 bits per heavy atom. The summed E-state index contributed by atoms with van der Waals surface area (Å²) < 4.78 is 33.1. The van der Waals surface area contributed by atoms with Crippen molar-refractivity contribution in [2.75, 3.05) is 20.2 Å². The van der Waals surface area contributed by atoms with E-state index in [0.717, 1.165) is 24.3 Å². The Morgan fingerprint density at radius 1 is 1.58 bits per heavy atom. The number of nitrogens with one attached hydrogen (secondary N) is 2. The first-order valence-electron chi connectivity index (χ1n) is 6.07. The third-order valence-electron chi connectivity index (χ3n) is 2.87. The van der Waals surface area contributed by atoms with E-state index in [1.807, 2.05) is 7.05 Å². The van der Waals surface area contributed by atoms with Gasteiger partial charge >= 0.3 is 0 Å². The molecule has 2 heterocycles. The highest BCUT2D eigenvalue weighted by Crippen LogP contribution is 2.31. The highest BCUT2D eigenvalue weighted by Gasteiger charge is 2.23. The van der Waals surface area contributed by atoms with Crippen LogP contribution in [0.4, 0.5) is 0 Å². The van der Waals surface area contributed by atoms with Crippen molar-refractivity contribution in [3.8, 4) is 0 Å². The van der Waals surface area contributed by atoms with Gasteiger partial charge in [-0.3, -0.25) is 0 Å². The van der Waals surface area contributed by atoms with Crippen LogP contribution in [0.25, 0.3) is 0 Å². The van der Waals surface area contributed by atoms with Crippen molar-refractivity contribution in [3.05, 3.63) is 14.7 Å². The van der Waals surface area contributed by atoms with E-state index in [2.05, 4.69) is 26.0 Å². The molecule has 1 saturated heterocycles. The standard InChI is InChI=1S/C11H17BrN2O3S2/c1-13-7-9-5-10(11(12)18-9)19(15,16)14-6-8-3-2-4-17-8/h5,8,13-14H,2-4,6-7H2,1H3. The molecule has 2 N–H and O–H groups in total. The van der Waals surface area contributed by atoms with Gasteiger partial charge in [-0.2, -0.15) is 0 Å². The number of halogens is 1. The number of ether oxygens (including phenoxy) is 1. The van der Waals surface area contributed by atoms with E-state index in [1.165, 1.54) is 11.3 Å². The number of thiophene rings is 1. The molecule has 19 heavy (non-hydrogen) atoms. The first-order valence-corrected chi connectivity index (χ1v) is 9.16. The molecule has 1 aliphatic heterocycles. The van der Waals surface area contributed by atoms with Gasteiger partial charge in [0.1, 0.15) is 4.90 Å². The van der Waals surface area contributed by atoms with Gasteiger partial charge in [-0.25, -0.2) is 13.1 Å². The molecule has 0 bridgehead atoms. The SMILES string of the molecule is CNCc1cc(S(=O)(=O)NCC2CCCO2)c(Br)s1. The fourth-order valence-electron chi connectivity index (χ4n) is 1.93. The second kappa shape index (κ2) is 6.64. The van der Waals surface area contributed by atoms with Crippen molar-refractivity contribution in [1.82, 2.24) is 10.0 Å². The predicted octanol–water partition coefficient (Wildman–Crippen LogP) is 1.69. The van der Waals surface area contributed by atoms with E-state index in [9.17, 15) is 8.42 Å². The summed E-state index contributed by atoms with van der Waals surface area (Å²) in [4.78, 5) is 1.28. The summed E-state index contributed by atoms with van der Waals surface area (Å²) in [6.45, 7) is 1.72. The summed E-state index contributed by atoms with van der Waals surface area (Å²) in [6.07, 6.45) is 1.92. The molecule has 1 aromatic rings. The molecule has 0 amide bonds. The second-order valence-corrected chi connectivity index (χ2v) is 8.56. The van der Waals surface area contributed by atoms with Crippen molar-refractivity contribution in [2.24, 2.45) is 0 Å². The summed E-state index contributed by atoms with van der Waals surface area (Å²) in [5.74, 6) is 0. The Hall–Kier alpha value is 0.01000. The molecule has 1 atom stereocenters. The smallest absolute Gasteiger partial charge is 0.242 e. The van der Waals surface area contributed by atoms with E-state index in [4.69, 9.17) is 4.74 Å². The van der Waals surface area contributed by atoms with Crippen LogP contribution in [0.2, 0.25) is 0 Å². The van der Waals surface area contributed by atoms with Gasteiger partial charge in [0.05, 0.1) is 9.89 Å². The van der Waals surface area contributed by atoms with Crippen LogP contribution < -0.4 is 10.0 Å². The lowest BCUT2D eigenvalue weighted by Gasteiger charge is -2.10. The lowest BCUT2D eigenvalue weighted by atomic mass is 10.2. The van der Waals surface area contributed by atoms with Crippen LogP contribution in [-0.4, -0.2) is 34.7 Å². The number of rotatable bonds is 6. The summed E-state index contributed by atoms with van der Waals surface area (Å²) in [6, 6.07) is 1.70. The lowest BCUT2D eigenvalue weighted by molar-refractivity contribution is 0.114. The number of hydrogen-bond acceptors (Lipinski definition) is 5. The van der Waals surface area contributed by atoms with Crippen molar-refractivity contribution in [2.45, 2.75) is 30.4 Å². The van der Waals surface area contributed by atoms with Crippen LogP contribution in [0.3, 0.4) is 0 Å². The van der Waals surface area contributed by atoms with Gasteiger partial charge in [0.2, 0.25) is 10.0 Å². The van der Waals surface area contributed by atoms with Crippen molar-refractivity contribution in [1.29, 1.82) is 0 Å². The first-order chi connectivity index (χ1) is 9.03. The zero-order chi connectivity index (χ0) is 13.9. The Balaban J connectivity index is 2.05. The van der Waals surface area contributed by atoms with Crippen LogP contribution in [0.15, 0.2) is 14.7 Å². The largest absolute Gasteiger partial charge is 0.377 e. The molecule has 0 aromatic carbocycles. The second-order valence-electron chi connectivity index (χ2n) is 4.37. The van der Waals surface area contributed by atoms with Crippen LogP contribution in [-0.2, 0) is 21.3 Å². The van der Waals surface area contributed by atoms with Crippen molar-refractivity contribution in [3.63, 3.8) is 0 Å². The maximum absolute atomic E-state index is 12.2. The van der Waals surface area contributed by atoms with Crippen LogP contribution in [0.1, 0.15) is 17.7 Å². The average Bonchev–Trinajstić information content (AvgIpc) is 2.97. The summed E-state index contributed by atoms with van der Waals surface area (Å²) in [7, 11) is -1.64. The molecule has 0 radical (unpaired) electrons. The van der Waals surface area contributed by atoms with Gasteiger partial charge in [-0.05, 0) is 41.9 Å². The molecular weight excluding hydrogens is 352 g/mol. The summed E-state index contributed by atoms with van der Waals surface area (Å²) in [5.41, 5.74) is 0. The maximum Gasteiger partial charge on any atom is 0.242 e. The lowest BCUT2D eigenvalue weighted by Crippen LogP contribution is -2.31. The van der Waals surface area contributed by atoms with E-state index >= 15 is 0 Å². The highest BCUT2D eigenvalue weighted by molar-refractivity contribution is 9.11. The first kappa shape index (κ1) is 15.4. The maximum atomic E-state index is 12.2. The Bertz CT molecular complexity index is 524. The van der Waals surface area contributed by atoms with Crippen LogP contribution in [0, 0.1) is 0 Å². The van der Waals surface area contributed by atoms with Gasteiger partial charge in [-0.15, -0.1) is 11.3 Å². The van der Waals surface area contributed by atoms with E-state index < -0.39 is 10.0 Å². The molecule has 8 heteroatoms. The highest BCUT2D eigenvalue weighted by atomic mass is 79.9. The number of sulfonamides is 1. The Kier molecular flexibility index (Phi) is 5.38. The molecule has 2 rings (SSSR count). The van der Waals surface area contributed by atoms with Gasteiger partial charge < -0.3 is 10.1 Å². The van der Waals surface area contributed by atoms with E-state index in [0.29, 0.717) is 21.8 Å². The van der Waals surface area contributed by atoms with Gasteiger partial charge in [0, 0.05) is 24.6 Å². The molecule has 5 nitrogen and oxygen atoms in total. The van der Waals surface area contributed by atoms with Crippen molar-refractivity contribution < 1.29 is 13.2 Å². The zero-order valence-electron chi connectivity index (χ0n) is 10.6. The van der Waals surface area contributed by atoms with Gasteiger partial charge in [0.15, 0.2) is 0 Å². The molecule has 0 saturated carbocycles. The van der Waals surface area contributed by atoms with Crippen LogP contribution in [0.5, 0.6) is 0 Å². The monoisotopic (exact) mass is 368 g/mol. The molecular formula is C11H17BrN2O3S2. The van der Waals surface area contributed by atoms with Gasteiger partial charge in [-0.1, -0.05) is 0 Å².